The Morgan fingerprint density at radius 3 is 2.47 bits per heavy atom. The molecule has 0 spiro atoms. The van der Waals surface area contributed by atoms with Gasteiger partial charge in [0.15, 0.2) is 22.8 Å². The van der Waals surface area contributed by atoms with E-state index < -0.39 is 23.7 Å². The van der Waals surface area contributed by atoms with Gasteiger partial charge in [-0.2, -0.15) is 27.1 Å². The second-order valence-electron chi connectivity index (χ2n) is 6.47. The number of hydrogen-bond acceptors (Lipinski definition) is 5. The first-order valence-electron chi connectivity index (χ1n) is 8.60. The number of amides is 1. The predicted octanol–water partition coefficient (Wildman–Crippen LogP) is 3.72. The highest BCUT2D eigenvalue weighted by molar-refractivity contribution is 6.03. The molecule has 0 saturated carbocycles. The molecule has 0 atom stereocenters. The van der Waals surface area contributed by atoms with Crippen molar-refractivity contribution in [3.8, 4) is 11.5 Å². The van der Waals surface area contributed by atoms with E-state index in [0.717, 1.165) is 6.07 Å². The lowest BCUT2D eigenvalue weighted by molar-refractivity contribution is -0.291. The molecular weight excluding hydrogens is 415 g/mol. The second kappa shape index (κ2) is 6.82. The van der Waals surface area contributed by atoms with Crippen LogP contribution in [-0.2, 0) is 5.92 Å². The van der Waals surface area contributed by atoms with Gasteiger partial charge in [0.2, 0.25) is 0 Å². The number of hydrogen-bond donors (Lipinski definition) is 1. The summed E-state index contributed by atoms with van der Waals surface area (Å²) in [4.78, 5) is 16.4. The van der Waals surface area contributed by atoms with Crippen LogP contribution < -0.4 is 14.8 Å². The Kier molecular flexibility index (Phi) is 4.51. The smallest absolute Gasteiger partial charge is 0.459 e. The predicted molar refractivity (Wildman–Crippen MR) is 93.1 cm³/mol. The summed E-state index contributed by atoms with van der Waals surface area (Å²) in [6, 6.07) is 6.19. The molecular formula is C18H13F5N4O3. The van der Waals surface area contributed by atoms with E-state index in [0.29, 0.717) is 41.0 Å². The van der Waals surface area contributed by atoms with Gasteiger partial charge >= 0.3 is 12.1 Å². The van der Waals surface area contributed by atoms with Crippen molar-refractivity contribution in [3.63, 3.8) is 0 Å². The lowest BCUT2D eigenvalue weighted by Gasteiger charge is -2.20. The molecule has 0 unspecified atom stereocenters. The molecule has 1 aliphatic rings. The van der Waals surface area contributed by atoms with Crippen molar-refractivity contribution in [2.75, 3.05) is 18.5 Å². The number of nitrogens with one attached hydrogen (secondary N) is 1. The highest BCUT2D eigenvalue weighted by Crippen LogP contribution is 2.43. The van der Waals surface area contributed by atoms with Gasteiger partial charge in [0.1, 0.15) is 18.9 Å². The number of alkyl halides is 5. The zero-order valence-corrected chi connectivity index (χ0v) is 15.3. The van der Waals surface area contributed by atoms with Crippen LogP contribution in [0.15, 0.2) is 30.3 Å². The number of ether oxygens (including phenoxy) is 2. The van der Waals surface area contributed by atoms with Crippen LogP contribution in [0.3, 0.4) is 0 Å². The second-order valence-corrected chi connectivity index (χ2v) is 6.47. The Hall–Kier alpha value is -3.44. The Labute approximate surface area is 165 Å². The van der Waals surface area contributed by atoms with Crippen LogP contribution in [0, 0.1) is 6.92 Å². The fraction of sp³-hybridized carbons (Fsp3) is 0.278. The number of aryl methyl sites for hydroxylation is 1. The summed E-state index contributed by atoms with van der Waals surface area (Å²) in [7, 11) is 0. The van der Waals surface area contributed by atoms with Crippen LogP contribution >= 0.6 is 0 Å². The Morgan fingerprint density at radius 2 is 1.77 bits per heavy atom. The molecule has 1 amide bonds. The number of rotatable bonds is 3. The maximum absolute atomic E-state index is 14.0. The van der Waals surface area contributed by atoms with E-state index in [-0.39, 0.29) is 17.0 Å². The molecule has 30 heavy (non-hydrogen) atoms. The molecule has 0 fully saturated rings. The molecule has 7 nitrogen and oxygen atoms in total. The number of carbonyl (C=O) groups excluding carboxylic acids is 1. The molecule has 2 aromatic heterocycles. The van der Waals surface area contributed by atoms with E-state index in [2.05, 4.69) is 15.4 Å². The van der Waals surface area contributed by atoms with Gasteiger partial charge in [-0.1, -0.05) is 0 Å². The lowest BCUT2D eigenvalue weighted by Crippen LogP contribution is -2.36. The number of aromatic nitrogens is 3. The zero-order chi connectivity index (χ0) is 21.7. The molecule has 12 heteroatoms. The normalized spacial score (nSPS) is 14.1. The summed E-state index contributed by atoms with van der Waals surface area (Å²) < 4.78 is 77.6. The fourth-order valence-electron chi connectivity index (χ4n) is 2.90. The van der Waals surface area contributed by atoms with Gasteiger partial charge in [0.25, 0.3) is 5.91 Å². The molecule has 1 aromatic carbocycles. The first-order valence-corrected chi connectivity index (χ1v) is 8.60. The van der Waals surface area contributed by atoms with Gasteiger partial charge in [0, 0.05) is 23.5 Å². The Morgan fingerprint density at radius 1 is 1.07 bits per heavy atom. The zero-order valence-electron chi connectivity index (χ0n) is 15.3. The summed E-state index contributed by atoms with van der Waals surface area (Å²) in [5.41, 5.74) is -1.93. The summed E-state index contributed by atoms with van der Waals surface area (Å²) in [5.74, 6) is -5.12. The minimum atomic E-state index is -5.84. The highest BCUT2D eigenvalue weighted by atomic mass is 19.4. The first kappa shape index (κ1) is 19.9. The van der Waals surface area contributed by atoms with Crippen molar-refractivity contribution in [1.29, 1.82) is 0 Å². The van der Waals surface area contributed by atoms with Crippen molar-refractivity contribution in [3.05, 3.63) is 47.4 Å². The third-order valence-corrected chi connectivity index (χ3v) is 4.27. The first-order chi connectivity index (χ1) is 14.1. The summed E-state index contributed by atoms with van der Waals surface area (Å²) in [5, 5.41) is 6.11. The third kappa shape index (κ3) is 3.37. The van der Waals surface area contributed by atoms with Crippen molar-refractivity contribution in [2.24, 2.45) is 0 Å². The molecule has 0 radical (unpaired) electrons. The molecule has 1 N–H and O–H groups in total. The van der Waals surface area contributed by atoms with Crippen LogP contribution in [0.4, 0.5) is 27.6 Å². The minimum Gasteiger partial charge on any atom is -0.486 e. The lowest BCUT2D eigenvalue weighted by atomic mass is 10.2. The average Bonchev–Trinajstić information content (AvgIpc) is 3.10. The van der Waals surface area contributed by atoms with E-state index in [4.69, 9.17) is 9.47 Å². The number of fused-ring (bicyclic) bond motifs is 2. The molecule has 4 rings (SSSR count). The molecule has 3 aromatic rings. The van der Waals surface area contributed by atoms with Crippen molar-refractivity contribution in [2.45, 2.75) is 19.0 Å². The van der Waals surface area contributed by atoms with Crippen molar-refractivity contribution in [1.82, 2.24) is 14.6 Å². The maximum Gasteiger partial charge on any atom is 0.459 e. The van der Waals surface area contributed by atoms with Crippen LogP contribution in [-0.4, -0.2) is 39.9 Å². The van der Waals surface area contributed by atoms with Gasteiger partial charge in [-0.15, -0.1) is 0 Å². The number of nitrogens with zero attached hydrogens (tertiary/aromatic N) is 3. The van der Waals surface area contributed by atoms with E-state index in [1.54, 1.807) is 6.07 Å². The third-order valence-electron chi connectivity index (χ3n) is 4.27. The van der Waals surface area contributed by atoms with Gasteiger partial charge in [-0.05, 0) is 25.1 Å². The van der Waals surface area contributed by atoms with Gasteiger partial charge in [-0.3, -0.25) is 4.79 Å². The van der Waals surface area contributed by atoms with Crippen molar-refractivity contribution < 1.29 is 36.2 Å². The van der Waals surface area contributed by atoms with E-state index in [9.17, 15) is 26.7 Å². The van der Waals surface area contributed by atoms with Gasteiger partial charge < -0.3 is 14.8 Å². The molecule has 3 heterocycles. The molecule has 158 valence electrons. The van der Waals surface area contributed by atoms with Crippen LogP contribution in [0.5, 0.6) is 11.5 Å². The topological polar surface area (TPSA) is 77.8 Å². The van der Waals surface area contributed by atoms with Crippen LogP contribution in [0.1, 0.15) is 21.9 Å². The Balaban J connectivity index is 1.68. The van der Waals surface area contributed by atoms with E-state index >= 15 is 0 Å². The number of halogens is 5. The van der Waals surface area contributed by atoms with Crippen LogP contribution in [0.25, 0.3) is 5.65 Å². The molecule has 0 aliphatic carbocycles. The number of anilines is 1. The monoisotopic (exact) mass is 428 g/mol. The summed E-state index contributed by atoms with van der Waals surface area (Å²) >= 11 is 0. The van der Waals surface area contributed by atoms with Crippen molar-refractivity contribution >= 4 is 17.2 Å². The summed E-state index contributed by atoms with van der Waals surface area (Å²) in [6.07, 6.45) is -5.84. The summed E-state index contributed by atoms with van der Waals surface area (Å²) in [6.45, 7) is 1.98. The highest BCUT2D eigenvalue weighted by Gasteiger charge is 2.60. The fourth-order valence-corrected chi connectivity index (χ4v) is 2.90. The number of benzene rings is 1. The average molecular weight is 428 g/mol. The standard InChI is InChI=1S/C18H13F5N4O3/c1-9-6-14(17(19,20)18(21,22)23)27-15(24-9)8-11(26-27)16(28)25-10-2-3-12-13(7-10)30-5-4-29-12/h2-3,6-8H,4-5H2,1H3,(H,25,28). The minimum absolute atomic E-state index is 0.0832. The number of carbonyl (C=O) groups is 1. The van der Waals surface area contributed by atoms with E-state index in [1.165, 1.54) is 19.1 Å². The quantitative estimate of drug-likeness (QED) is 0.644. The molecule has 1 aliphatic heterocycles. The van der Waals surface area contributed by atoms with Gasteiger partial charge in [-0.25, -0.2) is 9.50 Å². The van der Waals surface area contributed by atoms with E-state index in [1.807, 2.05) is 0 Å². The molecule has 0 saturated heterocycles. The Bertz CT molecular complexity index is 1140. The SMILES string of the molecule is Cc1cc(C(F)(F)C(F)(F)F)n2nc(C(=O)Nc3ccc4c(c3)OCCO4)cc2n1. The largest absolute Gasteiger partial charge is 0.486 e. The molecule has 0 bridgehead atoms. The van der Waals surface area contributed by atoms with Gasteiger partial charge in [0.05, 0.1) is 0 Å². The maximum atomic E-state index is 14.0. The van der Waals surface area contributed by atoms with Crippen LogP contribution in [0.2, 0.25) is 0 Å².